The van der Waals surface area contributed by atoms with Crippen molar-refractivity contribution >= 4 is 22.1 Å². The van der Waals surface area contributed by atoms with Crippen molar-refractivity contribution < 1.29 is 22.7 Å². The van der Waals surface area contributed by atoms with E-state index in [9.17, 15) is 22.7 Å². The van der Waals surface area contributed by atoms with Gasteiger partial charge >= 0.3 is 0 Å². The Hall–Kier alpha value is -3.56. The van der Waals surface area contributed by atoms with Gasteiger partial charge < -0.3 is 5.11 Å². The number of aryl methyl sites for hydroxylation is 1. The van der Waals surface area contributed by atoms with E-state index in [0.29, 0.717) is 5.56 Å². The summed E-state index contributed by atoms with van der Waals surface area (Å²) < 4.78 is 41.5. The van der Waals surface area contributed by atoms with E-state index < -0.39 is 28.3 Å². The number of hydrogen-bond donors (Lipinski definition) is 2. The van der Waals surface area contributed by atoms with Crippen LogP contribution in [0.3, 0.4) is 0 Å². The first-order valence-corrected chi connectivity index (χ1v) is 11.1. The Morgan fingerprint density at radius 3 is 2.41 bits per heavy atom. The van der Waals surface area contributed by atoms with Gasteiger partial charge in [-0.05, 0) is 37.3 Å². The summed E-state index contributed by atoms with van der Waals surface area (Å²) in [5, 5.41) is 13.5. The summed E-state index contributed by atoms with van der Waals surface area (Å²) in [5.74, 6) is -1.31. The monoisotopic (exact) mass is 455 g/mol. The van der Waals surface area contributed by atoms with Gasteiger partial charge in [0.25, 0.3) is 5.91 Å². The lowest BCUT2D eigenvalue weighted by Crippen LogP contribution is -2.39. The molecule has 1 amide bonds. The number of halogens is 1. The van der Waals surface area contributed by atoms with Crippen LogP contribution in [0.25, 0.3) is 0 Å². The number of carbonyl (C=O) groups excluding carboxylic acids is 1. The molecule has 0 aliphatic carbocycles. The fourth-order valence-corrected chi connectivity index (χ4v) is 4.24. The van der Waals surface area contributed by atoms with Crippen molar-refractivity contribution in [3.8, 4) is 5.75 Å². The Kier molecular flexibility index (Phi) is 7.34. The number of sulfonamides is 1. The van der Waals surface area contributed by atoms with Crippen molar-refractivity contribution in [3.63, 3.8) is 0 Å². The third-order valence-corrected chi connectivity index (χ3v) is 6.42. The molecule has 0 radical (unpaired) electrons. The number of aromatic hydroxyl groups is 1. The Morgan fingerprint density at radius 2 is 1.72 bits per heavy atom. The Labute approximate surface area is 185 Å². The van der Waals surface area contributed by atoms with E-state index in [4.69, 9.17) is 0 Å². The molecule has 0 atom stereocenters. The van der Waals surface area contributed by atoms with Gasteiger partial charge in [0.05, 0.1) is 17.7 Å². The fraction of sp³-hybridized carbons (Fsp3) is 0.130. The Bertz CT molecular complexity index is 1230. The van der Waals surface area contributed by atoms with Crippen molar-refractivity contribution in [2.75, 3.05) is 6.54 Å². The molecule has 32 heavy (non-hydrogen) atoms. The molecule has 0 spiro atoms. The summed E-state index contributed by atoms with van der Waals surface area (Å²) in [7, 11) is -4.10. The van der Waals surface area contributed by atoms with Gasteiger partial charge in [0.1, 0.15) is 11.6 Å². The van der Waals surface area contributed by atoms with Crippen LogP contribution < -0.4 is 5.43 Å². The summed E-state index contributed by atoms with van der Waals surface area (Å²) in [4.78, 5) is 12.4. The summed E-state index contributed by atoms with van der Waals surface area (Å²) in [6, 6.07) is 18.3. The van der Waals surface area contributed by atoms with Crippen molar-refractivity contribution in [3.05, 3.63) is 95.3 Å². The number of benzene rings is 3. The van der Waals surface area contributed by atoms with Gasteiger partial charge in [-0.3, -0.25) is 4.79 Å². The lowest BCUT2D eigenvalue weighted by atomic mass is 10.2. The largest absolute Gasteiger partial charge is 0.507 e. The molecule has 2 N–H and O–H groups in total. The van der Waals surface area contributed by atoms with E-state index >= 15 is 0 Å². The van der Waals surface area contributed by atoms with Gasteiger partial charge in [-0.15, -0.1) is 0 Å². The highest BCUT2D eigenvalue weighted by atomic mass is 32.2. The molecule has 3 aromatic carbocycles. The van der Waals surface area contributed by atoms with E-state index in [1.807, 2.05) is 6.92 Å². The van der Waals surface area contributed by atoms with Crippen LogP contribution in [0.1, 0.15) is 16.7 Å². The molecule has 0 saturated carbocycles. The Balaban J connectivity index is 1.82. The summed E-state index contributed by atoms with van der Waals surface area (Å²) >= 11 is 0. The summed E-state index contributed by atoms with van der Waals surface area (Å²) in [5.41, 5.74) is 3.63. The summed E-state index contributed by atoms with van der Waals surface area (Å²) in [6.07, 6.45) is 1.24. The second-order valence-electron chi connectivity index (χ2n) is 7.03. The zero-order valence-corrected chi connectivity index (χ0v) is 18.1. The quantitative estimate of drug-likeness (QED) is 0.403. The highest BCUT2D eigenvalue weighted by Crippen LogP contribution is 2.20. The topological polar surface area (TPSA) is 99.1 Å². The van der Waals surface area contributed by atoms with Crippen LogP contribution in [0.15, 0.2) is 82.8 Å². The van der Waals surface area contributed by atoms with Crippen LogP contribution in [0.5, 0.6) is 5.75 Å². The molecule has 166 valence electrons. The van der Waals surface area contributed by atoms with Gasteiger partial charge in [0.2, 0.25) is 10.0 Å². The average Bonchev–Trinajstić information content (AvgIpc) is 2.76. The van der Waals surface area contributed by atoms with Gasteiger partial charge in [0.15, 0.2) is 0 Å². The minimum absolute atomic E-state index is 0.00931. The van der Waals surface area contributed by atoms with Gasteiger partial charge in [-0.25, -0.2) is 18.2 Å². The van der Waals surface area contributed by atoms with Crippen LogP contribution in [-0.2, 0) is 21.4 Å². The summed E-state index contributed by atoms with van der Waals surface area (Å²) in [6.45, 7) is 0.908. The molecule has 0 fully saturated rings. The minimum atomic E-state index is -4.10. The third-order valence-electron chi connectivity index (χ3n) is 4.61. The molecule has 9 heteroatoms. The smallest absolute Gasteiger partial charge is 0.255 e. The third kappa shape index (κ3) is 5.77. The van der Waals surface area contributed by atoms with E-state index in [-0.39, 0.29) is 22.8 Å². The van der Waals surface area contributed by atoms with Crippen molar-refractivity contribution in [1.82, 2.24) is 9.73 Å². The van der Waals surface area contributed by atoms with Crippen molar-refractivity contribution in [2.45, 2.75) is 18.4 Å². The number of nitrogens with one attached hydrogen (secondary N) is 1. The molecule has 3 aromatic rings. The second kappa shape index (κ2) is 10.2. The number of hydrogen-bond acceptors (Lipinski definition) is 5. The molecular weight excluding hydrogens is 433 g/mol. The van der Waals surface area contributed by atoms with Crippen molar-refractivity contribution in [1.29, 1.82) is 0 Å². The molecule has 0 heterocycles. The molecule has 0 saturated heterocycles. The average molecular weight is 456 g/mol. The number of rotatable bonds is 8. The number of nitrogens with zero attached hydrogens (tertiary/aromatic N) is 2. The van der Waals surface area contributed by atoms with Gasteiger partial charge in [0, 0.05) is 17.7 Å². The first-order chi connectivity index (χ1) is 15.3. The molecule has 0 unspecified atom stereocenters. The van der Waals surface area contributed by atoms with Crippen molar-refractivity contribution in [2.24, 2.45) is 5.10 Å². The second-order valence-corrected chi connectivity index (χ2v) is 8.97. The molecule has 0 aliphatic rings. The van der Waals surface area contributed by atoms with E-state index in [0.717, 1.165) is 9.87 Å². The maximum atomic E-state index is 14.2. The molecule has 0 aliphatic heterocycles. The normalized spacial score (nSPS) is 11.7. The van der Waals surface area contributed by atoms with Crippen LogP contribution in [-0.4, -0.2) is 36.5 Å². The van der Waals surface area contributed by atoms with Gasteiger partial charge in [-0.2, -0.15) is 9.41 Å². The Morgan fingerprint density at radius 1 is 1.06 bits per heavy atom. The highest BCUT2D eigenvalue weighted by molar-refractivity contribution is 7.89. The molecular formula is C23H22FN3O4S. The fourth-order valence-electron chi connectivity index (χ4n) is 2.87. The standard InChI is InChI=1S/C23H22FN3O4S/c1-17-10-12-20(13-11-17)32(30,31)27(15-19-7-2-4-8-21(19)24)16-23(29)26-25-14-18-6-3-5-9-22(18)28/h2-14,28H,15-16H2,1H3,(H,26,29)/b25-14-. The number of carbonyl (C=O) groups is 1. The van der Waals surface area contributed by atoms with Crippen LogP contribution in [0.2, 0.25) is 0 Å². The number of para-hydroxylation sites is 1. The lowest BCUT2D eigenvalue weighted by Gasteiger charge is -2.22. The zero-order valence-electron chi connectivity index (χ0n) is 17.3. The van der Waals surface area contributed by atoms with Gasteiger partial charge in [-0.1, -0.05) is 48.0 Å². The zero-order chi connectivity index (χ0) is 23.1. The lowest BCUT2D eigenvalue weighted by molar-refractivity contribution is -0.121. The van der Waals surface area contributed by atoms with Crippen LogP contribution in [0.4, 0.5) is 4.39 Å². The SMILES string of the molecule is Cc1ccc(S(=O)(=O)N(CC(=O)N/N=C\c2ccccc2O)Cc2ccccc2F)cc1. The van der Waals surface area contributed by atoms with E-state index in [1.54, 1.807) is 36.4 Å². The maximum Gasteiger partial charge on any atom is 0.255 e. The molecule has 3 rings (SSSR count). The maximum absolute atomic E-state index is 14.2. The number of phenolic OH excluding ortho intramolecular Hbond substituents is 1. The first-order valence-electron chi connectivity index (χ1n) is 9.67. The number of phenols is 1. The predicted octanol–water partition coefficient (Wildman–Crippen LogP) is 3.18. The van der Waals surface area contributed by atoms with Crippen LogP contribution >= 0.6 is 0 Å². The first kappa shape index (κ1) is 23.1. The molecule has 7 nitrogen and oxygen atoms in total. The molecule has 0 aromatic heterocycles. The number of hydrazone groups is 1. The highest BCUT2D eigenvalue weighted by Gasteiger charge is 2.27. The van der Waals surface area contributed by atoms with E-state index in [2.05, 4.69) is 10.5 Å². The predicted molar refractivity (Wildman–Crippen MR) is 119 cm³/mol. The number of amides is 1. The minimum Gasteiger partial charge on any atom is -0.507 e. The van der Waals surface area contributed by atoms with E-state index in [1.165, 1.54) is 42.6 Å². The molecule has 0 bridgehead atoms. The van der Waals surface area contributed by atoms with Crippen LogP contribution in [0, 0.1) is 12.7 Å².